The molecule has 2 atom stereocenters. The molecule has 0 aliphatic heterocycles. The first-order chi connectivity index (χ1) is 9.78. The second-order valence-electron chi connectivity index (χ2n) is 5.89. The number of aliphatic hydroxyl groups excluding tert-OH is 1. The zero-order valence-electron chi connectivity index (χ0n) is 12.6. The van der Waals surface area contributed by atoms with Gasteiger partial charge in [-0.25, -0.2) is 0 Å². The lowest BCUT2D eigenvalue weighted by Gasteiger charge is -2.39. The number of hydrogen-bond acceptors (Lipinski definition) is 3. The molecule has 3 nitrogen and oxygen atoms in total. The summed E-state index contributed by atoms with van der Waals surface area (Å²) < 4.78 is 0. The van der Waals surface area contributed by atoms with Crippen molar-refractivity contribution < 1.29 is 5.11 Å². The van der Waals surface area contributed by atoms with E-state index in [1.54, 1.807) is 0 Å². The Labute approximate surface area is 122 Å². The second kappa shape index (κ2) is 7.77. The van der Waals surface area contributed by atoms with E-state index in [0.29, 0.717) is 12.0 Å². The molecule has 2 unspecified atom stereocenters. The monoisotopic (exact) mass is 276 g/mol. The Kier molecular flexibility index (Phi) is 6.02. The third-order valence-corrected chi connectivity index (χ3v) is 4.64. The lowest BCUT2D eigenvalue weighted by Crippen LogP contribution is -2.44. The van der Waals surface area contributed by atoms with Gasteiger partial charge in [0.15, 0.2) is 0 Å². The molecule has 1 aromatic carbocycles. The fourth-order valence-corrected chi connectivity index (χ4v) is 3.39. The smallest absolute Gasteiger partial charge is 0.0681 e. The number of nitrogens with two attached hydrogens (primary N) is 1. The van der Waals surface area contributed by atoms with Crippen LogP contribution in [0.3, 0.4) is 0 Å². The Bertz CT molecular complexity index is 390. The molecule has 0 aromatic heterocycles. The highest BCUT2D eigenvalue weighted by atomic mass is 16.3. The Morgan fingerprint density at radius 1 is 1.15 bits per heavy atom. The van der Waals surface area contributed by atoms with Gasteiger partial charge in [0.2, 0.25) is 0 Å². The molecule has 1 saturated carbocycles. The summed E-state index contributed by atoms with van der Waals surface area (Å²) in [6, 6.07) is 8.94. The fourth-order valence-electron chi connectivity index (χ4n) is 3.39. The summed E-state index contributed by atoms with van der Waals surface area (Å²) >= 11 is 0. The van der Waals surface area contributed by atoms with Crippen molar-refractivity contribution in [3.05, 3.63) is 35.4 Å². The van der Waals surface area contributed by atoms with E-state index in [2.05, 4.69) is 24.0 Å². The Morgan fingerprint density at radius 2 is 1.80 bits per heavy atom. The third-order valence-electron chi connectivity index (χ3n) is 4.64. The molecule has 0 bridgehead atoms. The highest BCUT2D eigenvalue weighted by molar-refractivity contribution is 5.22. The molecule has 20 heavy (non-hydrogen) atoms. The number of hydrogen-bond donors (Lipinski definition) is 2. The van der Waals surface area contributed by atoms with E-state index in [1.165, 1.54) is 31.2 Å². The summed E-state index contributed by atoms with van der Waals surface area (Å²) in [4.78, 5) is 2.57. The van der Waals surface area contributed by atoms with Crippen molar-refractivity contribution in [3.63, 3.8) is 0 Å². The largest absolute Gasteiger partial charge is 0.392 e. The van der Waals surface area contributed by atoms with Gasteiger partial charge in [-0.15, -0.1) is 0 Å². The molecule has 1 aliphatic carbocycles. The van der Waals surface area contributed by atoms with Gasteiger partial charge in [0.25, 0.3) is 0 Å². The number of rotatable bonds is 6. The molecule has 0 saturated heterocycles. The second-order valence-corrected chi connectivity index (χ2v) is 5.89. The van der Waals surface area contributed by atoms with Crippen LogP contribution in [0.5, 0.6) is 0 Å². The van der Waals surface area contributed by atoms with Gasteiger partial charge in [0.1, 0.15) is 0 Å². The maximum Gasteiger partial charge on any atom is 0.0681 e. The first-order valence-corrected chi connectivity index (χ1v) is 7.91. The Balaban J connectivity index is 2.02. The molecule has 0 radical (unpaired) electrons. The van der Waals surface area contributed by atoms with Crippen molar-refractivity contribution in [3.8, 4) is 0 Å². The van der Waals surface area contributed by atoms with Crippen LogP contribution in [-0.2, 0) is 13.2 Å². The highest BCUT2D eigenvalue weighted by Gasteiger charge is 2.28. The molecule has 1 fully saturated rings. The van der Waals surface area contributed by atoms with E-state index in [4.69, 9.17) is 10.8 Å². The van der Waals surface area contributed by atoms with E-state index in [9.17, 15) is 0 Å². The molecule has 1 aliphatic rings. The van der Waals surface area contributed by atoms with Crippen LogP contribution in [0.4, 0.5) is 0 Å². The molecule has 0 heterocycles. The predicted octanol–water partition coefficient (Wildman–Crippen LogP) is 2.52. The minimum absolute atomic E-state index is 0.121. The SMILES string of the molecule is CCN(Cc1ccc(CO)cc1)C1CCCCC1CN. The van der Waals surface area contributed by atoms with Crippen LogP contribution in [0, 0.1) is 5.92 Å². The maximum absolute atomic E-state index is 9.10. The van der Waals surface area contributed by atoms with Gasteiger partial charge in [-0.2, -0.15) is 0 Å². The maximum atomic E-state index is 9.10. The number of benzene rings is 1. The van der Waals surface area contributed by atoms with E-state index < -0.39 is 0 Å². The highest BCUT2D eigenvalue weighted by Crippen LogP contribution is 2.28. The molecule has 0 spiro atoms. The summed E-state index contributed by atoms with van der Waals surface area (Å²) in [6.45, 7) is 5.23. The van der Waals surface area contributed by atoms with E-state index in [-0.39, 0.29) is 6.61 Å². The van der Waals surface area contributed by atoms with Gasteiger partial charge in [0.05, 0.1) is 6.61 Å². The van der Waals surface area contributed by atoms with Crippen LogP contribution in [0.2, 0.25) is 0 Å². The van der Waals surface area contributed by atoms with Crippen molar-refractivity contribution in [2.45, 2.75) is 51.8 Å². The van der Waals surface area contributed by atoms with Gasteiger partial charge < -0.3 is 10.8 Å². The van der Waals surface area contributed by atoms with Gasteiger partial charge in [-0.05, 0) is 43.0 Å². The van der Waals surface area contributed by atoms with Crippen molar-refractivity contribution in [1.29, 1.82) is 0 Å². The van der Waals surface area contributed by atoms with Crippen LogP contribution in [0.15, 0.2) is 24.3 Å². The van der Waals surface area contributed by atoms with Crippen molar-refractivity contribution in [2.24, 2.45) is 11.7 Å². The molecular formula is C17H28N2O. The van der Waals surface area contributed by atoms with Gasteiger partial charge in [-0.3, -0.25) is 4.90 Å². The Morgan fingerprint density at radius 3 is 2.40 bits per heavy atom. The molecule has 112 valence electrons. The molecule has 2 rings (SSSR count). The van der Waals surface area contributed by atoms with Crippen molar-refractivity contribution >= 4 is 0 Å². The summed E-state index contributed by atoms with van der Waals surface area (Å²) in [5.74, 6) is 0.653. The van der Waals surface area contributed by atoms with E-state index in [0.717, 1.165) is 25.2 Å². The standard InChI is InChI=1S/C17H28N2O/c1-2-19(17-6-4-3-5-16(17)11-18)12-14-7-9-15(13-20)10-8-14/h7-10,16-17,20H,2-6,11-13,18H2,1H3. The van der Waals surface area contributed by atoms with Crippen LogP contribution in [-0.4, -0.2) is 29.1 Å². The first-order valence-electron chi connectivity index (χ1n) is 7.91. The third kappa shape index (κ3) is 3.81. The van der Waals surface area contributed by atoms with Gasteiger partial charge >= 0.3 is 0 Å². The number of aliphatic hydroxyl groups is 1. The predicted molar refractivity (Wildman–Crippen MR) is 83.2 cm³/mol. The van der Waals surface area contributed by atoms with Crippen molar-refractivity contribution in [2.75, 3.05) is 13.1 Å². The summed E-state index contributed by atoms with van der Waals surface area (Å²) in [7, 11) is 0. The molecular weight excluding hydrogens is 248 g/mol. The number of nitrogens with zero attached hydrogens (tertiary/aromatic N) is 1. The lowest BCUT2D eigenvalue weighted by atomic mass is 9.83. The molecule has 3 N–H and O–H groups in total. The molecule has 1 aromatic rings. The Hall–Kier alpha value is -0.900. The topological polar surface area (TPSA) is 49.5 Å². The summed E-state index contributed by atoms with van der Waals surface area (Å²) in [5.41, 5.74) is 8.27. The molecule has 3 heteroatoms. The van der Waals surface area contributed by atoms with Gasteiger partial charge in [-0.1, -0.05) is 44.0 Å². The van der Waals surface area contributed by atoms with Crippen LogP contribution in [0.25, 0.3) is 0 Å². The van der Waals surface area contributed by atoms with Gasteiger partial charge in [0, 0.05) is 12.6 Å². The van der Waals surface area contributed by atoms with Crippen molar-refractivity contribution in [1.82, 2.24) is 4.90 Å². The average molecular weight is 276 g/mol. The zero-order chi connectivity index (χ0) is 14.4. The normalized spacial score (nSPS) is 23.2. The summed E-state index contributed by atoms with van der Waals surface area (Å²) in [5, 5.41) is 9.10. The lowest BCUT2D eigenvalue weighted by molar-refractivity contribution is 0.105. The fraction of sp³-hybridized carbons (Fsp3) is 0.647. The van der Waals surface area contributed by atoms with Crippen LogP contribution >= 0.6 is 0 Å². The average Bonchev–Trinajstić information content (AvgIpc) is 2.53. The minimum Gasteiger partial charge on any atom is -0.392 e. The van der Waals surface area contributed by atoms with Crippen LogP contribution in [0.1, 0.15) is 43.7 Å². The quantitative estimate of drug-likeness (QED) is 0.839. The minimum atomic E-state index is 0.121. The molecule has 0 amide bonds. The first kappa shape index (κ1) is 15.5. The van der Waals surface area contributed by atoms with E-state index in [1.807, 2.05) is 12.1 Å². The summed E-state index contributed by atoms with van der Waals surface area (Å²) in [6.07, 6.45) is 5.23. The van der Waals surface area contributed by atoms with E-state index >= 15 is 0 Å². The zero-order valence-corrected chi connectivity index (χ0v) is 12.6. The van der Waals surface area contributed by atoms with Crippen LogP contribution < -0.4 is 5.73 Å².